The van der Waals surface area contributed by atoms with Gasteiger partial charge in [0.2, 0.25) is 0 Å². The Labute approximate surface area is 130 Å². The average molecular weight is 306 g/mol. The Morgan fingerprint density at radius 2 is 2.27 bits per heavy atom. The zero-order valence-corrected chi connectivity index (χ0v) is 13.0. The molecule has 1 N–H and O–H groups in total. The van der Waals surface area contributed by atoms with Crippen LogP contribution in [0.4, 0.5) is 10.5 Å². The summed E-state index contributed by atoms with van der Waals surface area (Å²) in [6.45, 7) is 4.73. The Balaban J connectivity index is 1.98. The van der Waals surface area contributed by atoms with Gasteiger partial charge in [-0.25, -0.2) is 9.59 Å². The van der Waals surface area contributed by atoms with Crippen molar-refractivity contribution >= 4 is 17.7 Å². The zero-order valence-electron chi connectivity index (χ0n) is 13.0. The van der Waals surface area contributed by atoms with Crippen LogP contribution in [0, 0.1) is 5.92 Å². The first kappa shape index (κ1) is 16.3. The zero-order chi connectivity index (χ0) is 15.9. The van der Waals surface area contributed by atoms with E-state index < -0.39 is 5.97 Å². The van der Waals surface area contributed by atoms with Gasteiger partial charge in [-0.2, -0.15) is 0 Å². The van der Waals surface area contributed by atoms with E-state index in [1.165, 1.54) is 7.11 Å². The number of ether oxygens (including phenoxy) is 2. The number of urea groups is 1. The summed E-state index contributed by atoms with van der Waals surface area (Å²) < 4.78 is 10.0. The minimum absolute atomic E-state index is 0.170. The fourth-order valence-electron chi connectivity index (χ4n) is 2.44. The summed E-state index contributed by atoms with van der Waals surface area (Å²) in [6, 6.07) is 6.54. The molecule has 0 bridgehead atoms. The molecule has 1 aromatic carbocycles. The maximum absolute atomic E-state index is 12.3. The average Bonchev–Trinajstić information content (AvgIpc) is 3.05. The summed E-state index contributed by atoms with van der Waals surface area (Å²) in [5.41, 5.74) is 0.988. The molecule has 1 aliphatic rings. The Kier molecular flexibility index (Phi) is 5.77. The Morgan fingerprint density at radius 1 is 1.45 bits per heavy atom. The number of hydrogen-bond acceptors (Lipinski definition) is 4. The highest BCUT2D eigenvalue weighted by Gasteiger charge is 2.21. The number of nitrogens with zero attached hydrogens (tertiary/aromatic N) is 1. The van der Waals surface area contributed by atoms with Crippen LogP contribution in [-0.4, -0.2) is 50.3 Å². The maximum Gasteiger partial charge on any atom is 0.337 e. The molecule has 6 heteroatoms. The van der Waals surface area contributed by atoms with Crippen LogP contribution < -0.4 is 5.32 Å². The summed E-state index contributed by atoms with van der Waals surface area (Å²) in [5.74, 6) is -0.0290. The van der Waals surface area contributed by atoms with Gasteiger partial charge in [-0.15, -0.1) is 0 Å². The van der Waals surface area contributed by atoms with Gasteiger partial charge in [0.1, 0.15) is 0 Å². The van der Waals surface area contributed by atoms with Gasteiger partial charge in [0.25, 0.3) is 0 Å². The van der Waals surface area contributed by atoms with Crippen LogP contribution in [0.1, 0.15) is 23.7 Å². The van der Waals surface area contributed by atoms with E-state index in [9.17, 15) is 9.59 Å². The van der Waals surface area contributed by atoms with E-state index in [1.807, 2.05) is 6.92 Å². The maximum atomic E-state index is 12.3. The van der Waals surface area contributed by atoms with Crippen molar-refractivity contribution in [1.29, 1.82) is 0 Å². The van der Waals surface area contributed by atoms with Gasteiger partial charge in [0.15, 0.2) is 0 Å². The third-order valence-electron chi connectivity index (χ3n) is 3.71. The predicted molar refractivity (Wildman–Crippen MR) is 83.0 cm³/mol. The number of methoxy groups -OCH3 is 1. The third-order valence-corrected chi connectivity index (χ3v) is 3.71. The van der Waals surface area contributed by atoms with Crippen molar-refractivity contribution in [2.75, 3.05) is 38.7 Å². The standard InChI is InChI=1S/C16H22N2O4/c1-3-18(10-12-7-8-22-11-12)16(20)17-14-6-4-5-13(9-14)15(19)21-2/h4-6,9,12H,3,7-8,10-11H2,1-2H3,(H,17,20). The van der Waals surface area contributed by atoms with Crippen molar-refractivity contribution in [3.8, 4) is 0 Å². The molecule has 22 heavy (non-hydrogen) atoms. The highest BCUT2D eigenvalue weighted by molar-refractivity contribution is 5.93. The molecular weight excluding hydrogens is 284 g/mol. The van der Waals surface area contributed by atoms with Crippen LogP contribution in [0.5, 0.6) is 0 Å². The number of benzene rings is 1. The number of esters is 1. The summed E-state index contributed by atoms with van der Waals surface area (Å²) >= 11 is 0. The first-order valence-electron chi connectivity index (χ1n) is 7.46. The van der Waals surface area contributed by atoms with E-state index in [0.717, 1.165) is 13.0 Å². The highest BCUT2D eigenvalue weighted by Crippen LogP contribution is 2.16. The largest absolute Gasteiger partial charge is 0.465 e. The van der Waals surface area contributed by atoms with E-state index in [1.54, 1.807) is 29.2 Å². The molecule has 1 aromatic rings. The van der Waals surface area contributed by atoms with Gasteiger partial charge >= 0.3 is 12.0 Å². The fourth-order valence-corrected chi connectivity index (χ4v) is 2.44. The number of hydrogen-bond donors (Lipinski definition) is 1. The van der Waals surface area contributed by atoms with Crippen LogP contribution in [0.3, 0.4) is 0 Å². The second-order valence-corrected chi connectivity index (χ2v) is 5.27. The Hall–Kier alpha value is -2.08. The lowest BCUT2D eigenvalue weighted by Gasteiger charge is -2.24. The molecule has 0 aliphatic carbocycles. The summed E-state index contributed by atoms with van der Waals surface area (Å²) in [6.07, 6.45) is 0.988. The van der Waals surface area contributed by atoms with E-state index >= 15 is 0 Å². The van der Waals surface area contributed by atoms with Gasteiger partial charge in [-0.1, -0.05) is 6.07 Å². The summed E-state index contributed by atoms with van der Waals surface area (Å²) in [4.78, 5) is 25.6. The number of carbonyl (C=O) groups is 2. The second-order valence-electron chi connectivity index (χ2n) is 5.27. The van der Waals surface area contributed by atoms with Crippen molar-refractivity contribution < 1.29 is 19.1 Å². The molecule has 0 saturated carbocycles. The molecule has 0 spiro atoms. The van der Waals surface area contributed by atoms with Crippen LogP contribution in [0.25, 0.3) is 0 Å². The quantitative estimate of drug-likeness (QED) is 0.848. The number of rotatable bonds is 5. The number of carbonyl (C=O) groups excluding carboxylic acids is 2. The van der Waals surface area contributed by atoms with Crippen molar-refractivity contribution in [2.24, 2.45) is 5.92 Å². The first-order chi connectivity index (χ1) is 10.6. The smallest absolute Gasteiger partial charge is 0.337 e. The molecule has 120 valence electrons. The number of anilines is 1. The summed E-state index contributed by atoms with van der Waals surface area (Å²) in [5, 5.41) is 2.82. The monoisotopic (exact) mass is 306 g/mol. The van der Waals surface area contributed by atoms with Crippen molar-refractivity contribution in [1.82, 2.24) is 4.90 Å². The summed E-state index contributed by atoms with van der Waals surface area (Å²) in [7, 11) is 1.33. The van der Waals surface area contributed by atoms with E-state index in [4.69, 9.17) is 4.74 Å². The molecule has 0 aromatic heterocycles. The molecule has 0 radical (unpaired) electrons. The van der Waals surface area contributed by atoms with Gasteiger partial charge in [-0.05, 0) is 31.5 Å². The molecule has 1 fully saturated rings. The van der Waals surface area contributed by atoms with Gasteiger partial charge < -0.3 is 19.7 Å². The molecule has 6 nitrogen and oxygen atoms in total. The normalized spacial score (nSPS) is 17.1. The number of amides is 2. The number of nitrogens with one attached hydrogen (secondary N) is 1. The molecule has 1 aliphatic heterocycles. The highest BCUT2D eigenvalue weighted by atomic mass is 16.5. The lowest BCUT2D eigenvalue weighted by molar-refractivity contribution is 0.0600. The first-order valence-corrected chi connectivity index (χ1v) is 7.46. The Bertz CT molecular complexity index is 527. The molecule has 1 saturated heterocycles. The van der Waals surface area contributed by atoms with E-state index in [-0.39, 0.29) is 6.03 Å². The minimum atomic E-state index is -0.424. The molecule has 1 atom stereocenters. The van der Waals surface area contributed by atoms with Crippen molar-refractivity contribution in [2.45, 2.75) is 13.3 Å². The second kappa shape index (κ2) is 7.79. The van der Waals surface area contributed by atoms with Crippen LogP contribution in [0.2, 0.25) is 0 Å². The molecule has 1 heterocycles. The van der Waals surface area contributed by atoms with E-state index in [2.05, 4.69) is 10.1 Å². The molecular formula is C16H22N2O4. The van der Waals surface area contributed by atoms with Gasteiger partial charge in [0, 0.05) is 31.3 Å². The third kappa shape index (κ3) is 4.21. The topological polar surface area (TPSA) is 67.9 Å². The van der Waals surface area contributed by atoms with Crippen molar-refractivity contribution in [3.05, 3.63) is 29.8 Å². The SMILES string of the molecule is CCN(CC1CCOC1)C(=O)Nc1cccc(C(=O)OC)c1. The molecule has 2 amide bonds. The van der Waals surface area contributed by atoms with E-state index in [0.29, 0.717) is 36.9 Å². The van der Waals surface area contributed by atoms with Crippen molar-refractivity contribution in [3.63, 3.8) is 0 Å². The van der Waals surface area contributed by atoms with Crippen LogP contribution in [-0.2, 0) is 9.47 Å². The predicted octanol–water partition coefficient (Wildman–Crippen LogP) is 2.36. The lowest BCUT2D eigenvalue weighted by Crippen LogP contribution is -2.38. The van der Waals surface area contributed by atoms with Gasteiger partial charge in [-0.3, -0.25) is 0 Å². The Morgan fingerprint density at radius 3 is 2.91 bits per heavy atom. The lowest BCUT2D eigenvalue weighted by atomic mass is 10.1. The van der Waals surface area contributed by atoms with Crippen LogP contribution in [0.15, 0.2) is 24.3 Å². The van der Waals surface area contributed by atoms with Crippen LogP contribution >= 0.6 is 0 Å². The molecule has 2 rings (SSSR count). The minimum Gasteiger partial charge on any atom is -0.465 e. The van der Waals surface area contributed by atoms with Gasteiger partial charge in [0.05, 0.1) is 19.3 Å². The fraction of sp³-hybridized carbons (Fsp3) is 0.500. The molecule has 1 unspecified atom stereocenters.